The van der Waals surface area contributed by atoms with Gasteiger partial charge in [0.1, 0.15) is 5.75 Å². The molecule has 1 saturated heterocycles. The first-order chi connectivity index (χ1) is 11.0. The number of carbonyl (C=O) groups is 2. The molecule has 0 bridgehead atoms. The zero-order valence-corrected chi connectivity index (χ0v) is 14.2. The Morgan fingerprint density at radius 3 is 2.65 bits per heavy atom. The average molecular weight is 374 g/mol. The quantitative estimate of drug-likeness (QED) is 0.608. The molecule has 0 aliphatic carbocycles. The first-order valence-electron chi connectivity index (χ1n) is 7.37. The minimum Gasteiger partial charge on any atom is -0.426 e. The van der Waals surface area contributed by atoms with Gasteiger partial charge in [-0.2, -0.15) is 0 Å². The van der Waals surface area contributed by atoms with E-state index in [-0.39, 0.29) is 18.3 Å². The number of ether oxygens (including phenoxy) is 1. The van der Waals surface area contributed by atoms with E-state index in [4.69, 9.17) is 4.74 Å². The lowest BCUT2D eigenvalue weighted by atomic mass is 10.1. The molecular weight excluding hydrogens is 358 g/mol. The highest BCUT2D eigenvalue weighted by molar-refractivity contribution is 9.10. The molecule has 1 heterocycles. The molecule has 2 aromatic carbocycles. The van der Waals surface area contributed by atoms with Crippen molar-refractivity contribution in [1.82, 2.24) is 0 Å². The number of halogens is 1. The molecule has 4 nitrogen and oxygen atoms in total. The van der Waals surface area contributed by atoms with Crippen molar-refractivity contribution in [3.05, 3.63) is 58.6 Å². The number of nitrogens with zero attached hydrogens (tertiary/aromatic N) is 1. The molecule has 0 radical (unpaired) electrons. The fraction of sp³-hybridized carbons (Fsp3) is 0.222. The molecule has 5 heteroatoms. The van der Waals surface area contributed by atoms with Crippen molar-refractivity contribution >= 4 is 33.5 Å². The maximum absolute atomic E-state index is 12.3. The molecule has 0 N–H and O–H groups in total. The molecule has 0 aromatic heterocycles. The van der Waals surface area contributed by atoms with Gasteiger partial charge in [-0.25, -0.2) is 0 Å². The minimum atomic E-state index is -0.438. The largest absolute Gasteiger partial charge is 0.426 e. The zero-order chi connectivity index (χ0) is 16.4. The Balaban J connectivity index is 1.69. The maximum Gasteiger partial charge on any atom is 0.316 e. The van der Waals surface area contributed by atoms with Crippen LogP contribution in [0.5, 0.6) is 5.75 Å². The van der Waals surface area contributed by atoms with Crippen molar-refractivity contribution in [2.45, 2.75) is 13.3 Å². The summed E-state index contributed by atoms with van der Waals surface area (Å²) < 4.78 is 6.29. The van der Waals surface area contributed by atoms with Crippen molar-refractivity contribution in [1.29, 1.82) is 0 Å². The molecule has 23 heavy (non-hydrogen) atoms. The summed E-state index contributed by atoms with van der Waals surface area (Å²) in [6, 6.07) is 14.8. The maximum atomic E-state index is 12.3. The van der Waals surface area contributed by atoms with Gasteiger partial charge in [0.05, 0.1) is 5.92 Å². The number of esters is 1. The molecular formula is C18H16BrNO3. The van der Waals surface area contributed by atoms with Gasteiger partial charge in [-0.15, -0.1) is 0 Å². The van der Waals surface area contributed by atoms with Crippen LogP contribution < -0.4 is 9.64 Å². The third-order valence-electron chi connectivity index (χ3n) is 3.80. The van der Waals surface area contributed by atoms with Crippen molar-refractivity contribution < 1.29 is 14.3 Å². The SMILES string of the molecule is Cc1cccc(N2C[C@@H](C(=O)Oc3ccc(Br)cc3)CC2=O)c1. The standard InChI is InChI=1S/C18H16BrNO3/c1-12-3-2-4-15(9-12)20-11-13(10-17(20)21)18(22)23-16-7-5-14(19)6-8-16/h2-9,13H,10-11H2,1H3/t13-/m0/s1. The second-order valence-electron chi connectivity index (χ2n) is 5.62. The average Bonchev–Trinajstić information content (AvgIpc) is 2.92. The van der Waals surface area contributed by atoms with Gasteiger partial charge in [0.25, 0.3) is 0 Å². The summed E-state index contributed by atoms with van der Waals surface area (Å²) >= 11 is 3.33. The second kappa shape index (κ2) is 6.54. The monoisotopic (exact) mass is 373 g/mol. The molecule has 1 aliphatic heterocycles. The Hall–Kier alpha value is -2.14. The summed E-state index contributed by atoms with van der Waals surface area (Å²) in [6.45, 7) is 2.33. The molecule has 0 unspecified atom stereocenters. The van der Waals surface area contributed by atoms with Crippen LogP contribution in [-0.4, -0.2) is 18.4 Å². The Bertz CT molecular complexity index is 742. The third kappa shape index (κ3) is 3.62. The highest BCUT2D eigenvalue weighted by Crippen LogP contribution is 2.27. The molecule has 0 spiro atoms. The number of aryl methyl sites for hydroxylation is 1. The highest BCUT2D eigenvalue weighted by Gasteiger charge is 2.36. The van der Waals surface area contributed by atoms with Crippen LogP contribution in [0.1, 0.15) is 12.0 Å². The highest BCUT2D eigenvalue weighted by atomic mass is 79.9. The van der Waals surface area contributed by atoms with Gasteiger partial charge in [-0.3, -0.25) is 9.59 Å². The van der Waals surface area contributed by atoms with Crippen LogP contribution in [0.4, 0.5) is 5.69 Å². The molecule has 1 aliphatic rings. The summed E-state index contributed by atoms with van der Waals surface area (Å²) in [7, 11) is 0. The number of hydrogen-bond donors (Lipinski definition) is 0. The van der Waals surface area contributed by atoms with Crippen molar-refractivity contribution in [3.63, 3.8) is 0 Å². The van der Waals surface area contributed by atoms with Crippen LogP contribution in [0.3, 0.4) is 0 Å². The van der Waals surface area contributed by atoms with Gasteiger partial charge in [-0.1, -0.05) is 28.1 Å². The summed E-state index contributed by atoms with van der Waals surface area (Å²) in [5.74, 6) is -0.365. The Labute approximate surface area is 143 Å². The number of benzene rings is 2. The van der Waals surface area contributed by atoms with Crippen LogP contribution in [0, 0.1) is 12.8 Å². The number of hydrogen-bond acceptors (Lipinski definition) is 3. The first kappa shape index (κ1) is 15.7. The van der Waals surface area contributed by atoms with E-state index >= 15 is 0 Å². The smallest absolute Gasteiger partial charge is 0.316 e. The third-order valence-corrected chi connectivity index (χ3v) is 4.33. The van der Waals surface area contributed by atoms with Gasteiger partial charge in [0.15, 0.2) is 0 Å². The predicted molar refractivity (Wildman–Crippen MR) is 91.4 cm³/mol. The fourth-order valence-corrected chi connectivity index (χ4v) is 2.88. The lowest BCUT2D eigenvalue weighted by Gasteiger charge is -2.17. The predicted octanol–water partition coefficient (Wildman–Crippen LogP) is 3.72. The van der Waals surface area contributed by atoms with E-state index in [1.807, 2.05) is 43.3 Å². The topological polar surface area (TPSA) is 46.6 Å². The minimum absolute atomic E-state index is 0.0478. The molecule has 1 amide bonds. The van der Waals surface area contributed by atoms with Gasteiger partial charge < -0.3 is 9.64 Å². The Morgan fingerprint density at radius 2 is 1.96 bits per heavy atom. The molecule has 3 rings (SSSR count). The van der Waals surface area contributed by atoms with Crippen LogP contribution in [0.15, 0.2) is 53.0 Å². The molecule has 118 valence electrons. The van der Waals surface area contributed by atoms with E-state index in [1.54, 1.807) is 17.0 Å². The van der Waals surface area contributed by atoms with E-state index in [2.05, 4.69) is 15.9 Å². The van der Waals surface area contributed by atoms with Crippen molar-refractivity contribution in [2.24, 2.45) is 5.92 Å². The van der Waals surface area contributed by atoms with E-state index in [9.17, 15) is 9.59 Å². The van der Waals surface area contributed by atoms with Gasteiger partial charge in [-0.05, 0) is 48.9 Å². The second-order valence-corrected chi connectivity index (χ2v) is 6.54. The van der Waals surface area contributed by atoms with Crippen LogP contribution in [0.2, 0.25) is 0 Å². The lowest BCUT2D eigenvalue weighted by Crippen LogP contribution is -2.27. The summed E-state index contributed by atoms with van der Waals surface area (Å²) in [4.78, 5) is 26.1. The van der Waals surface area contributed by atoms with E-state index < -0.39 is 5.92 Å². The molecule has 2 aromatic rings. The van der Waals surface area contributed by atoms with E-state index in [0.717, 1.165) is 15.7 Å². The fourth-order valence-electron chi connectivity index (χ4n) is 2.61. The van der Waals surface area contributed by atoms with Gasteiger partial charge in [0.2, 0.25) is 5.91 Å². The zero-order valence-electron chi connectivity index (χ0n) is 12.7. The first-order valence-corrected chi connectivity index (χ1v) is 8.16. The van der Waals surface area contributed by atoms with Crippen LogP contribution in [-0.2, 0) is 9.59 Å². The van der Waals surface area contributed by atoms with Gasteiger partial charge >= 0.3 is 5.97 Å². The molecule has 1 atom stereocenters. The normalized spacial score (nSPS) is 17.4. The summed E-state index contributed by atoms with van der Waals surface area (Å²) in [5, 5.41) is 0. The van der Waals surface area contributed by atoms with E-state index in [1.165, 1.54) is 0 Å². The van der Waals surface area contributed by atoms with Crippen LogP contribution >= 0.6 is 15.9 Å². The van der Waals surface area contributed by atoms with Gasteiger partial charge in [0, 0.05) is 23.1 Å². The molecule has 1 fully saturated rings. The summed E-state index contributed by atoms with van der Waals surface area (Å²) in [6.07, 6.45) is 0.184. The van der Waals surface area contributed by atoms with E-state index in [0.29, 0.717) is 12.3 Å². The number of anilines is 1. The number of carbonyl (C=O) groups excluding carboxylic acids is 2. The number of rotatable bonds is 3. The Kier molecular flexibility index (Phi) is 4.48. The van der Waals surface area contributed by atoms with Crippen LogP contribution in [0.25, 0.3) is 0 Å². The number of amides is 1. The lowest BCUT2D eigenvalue weighted by molar-refractivity contribution is -0.139. The Morgan fingerprint density at radius 1 is 1.22 bits per heavy atom. The summed E-state index contributed by atoms with van der Waals surface area (Å²) in [5.41, 5.74) is 1.91. The van der Waals surface area contributed by atoms with Crippen molar-refractivity contribution in [3.8, 4) is 5.75 Å². The van der Waals surface area contributed by atoms with Crippen molar-refractivity contribution in [2.75, 3.05) is 11.4 Å². The molecule has 0 saturated carbocycles.